The molecule has 20 rings (SSSR count). The molecule has 2 N–H and O–H groups in total. The van der Waals surface area contributed by atoms with Gasteiger partial charge in [0.1, 0.15) is 11.3 Å². The summed E-state index contributed by atoms with van der Waals surface area (Å²) < 4.78 is 12.6. The fourth-order valence-corrected chi connectivity index (χ4v) is 14.9. The molecule has 9 nitrogen and oxygen atoms in total. The Morgan fingerprint density at radius 3 is 0.724 bits per heavy atom. The molecule has 464 valence electrons. The molecule has 0 aliphatic heterocycles. The van der Waals surface area contributed by atoms with E-state index in [0.717, 1.165) is 77.7 Å². The second kappa shape index (κ2) is 24.2. The lowest BCUT2D eigenvalue weighted by Crippen LogP contribution is -2.10. The predicted molar refractivity (Wildman–Crippen MR) is 413 cm³/mol. The normalized spacial score (nSPS) is 11.6. The van der Waals surface area contributed by atoms with Gasteiger partial charge in [0.25, 0.3) is 0 Å². The number of pyridine rings is 2. The molecule has 7 heterocycles. The Labute approximate surface area is 572 Å². The molecule has 0 spiro atoms. The van der Waals surface area contributed by atoms with Crippen LogP contribution in [0.25, 0.3) is 138 Å². The van der Waals surface area contributed by atoms with Crippen LogP contribution in [0.5, 0.6) is 0 Å². The molecule has 0 fully saturated rings. The van der Waals surface area contributed by atoms with Crippen LogP contribution in [0, 0.1) is 0 Å². The molecule has 98 heavy (non-hydrogen) atoms. The molecule has 10 heteroatoms. The summed E-state index contributed by atoms with van der Waals surface area (Å²) in [5.41, 5.74) is 26.8. The molecule has 0 aliphatic carbocycles. The highest BCUT2D eigenvalue weighted by molar-refractivity contribution is 9.10. The third-order valence-electron chi connectivity index (χ3n) is 18.9. The van der Waals surface area contributed by atoms with Gasteiger partial charge in [-0.3, -0.25) is 9.13 Å². The van der Waals surface area contributed by atoms with E-state index in [1.54, 1.807) is 0 Å². The number of benzene rings is 13. The zero-order valence-electron chi connectivity index (χ0n) is 53.0. The lowest BCUT2D eigenvalue weighted by atomic mass is 10.1. The summed E-state index contributed by atoms with van der Waals surface area (Å²) in [6, 6.07) is 120. The van der Waals surface area contributed by atoms with Gasteiger partial charge in [-0.15, -0.1) is 0 Å². The summed E-state index contributed by atoms with van der Waals surface area (Å²) in [6.45, 7) is 0. The monoisotopic (exact) mass is 1320 g/mol. The van der Waals surface area contributed by atoms with E-state index in [1.807, 2.05) is 48.8 Å². The fourth-order valence-electron chi connectivity index (χ4n) is 14.6. The highest BCUT2D eigenvalue weighted by Crippen LogP contribution is 2.41. The standard InChI is InChI=1S/C53H35N5.C18H12BrN.C17H13N3/c1-6-18-48-42(12-1)43-13-2-7-19-49(43)56(48)39-29-23-36(24-30-39)55(37-25-31-40(32-26-37)57-50-20-8-3-14-44(50)45-15-4-9-21-51(45)57)38-27-33-41(34-28-38)58-52-22-10-5-16-46(52)47-17-11-35-54-53(47)58;19-13-9-11-14(12-10-13)20-17-7-3-1-5-15(17)16-6-2-4-8-18(16)20;18-12-7-9-13(10-8-12)20-16-6-2-1-4-14(16)15-5-3-11-19-17(15)20/h1-35H;1-12H;1-11H,18H2. The molecule has 0 saturated carbocycles. The summed E-state index contributed by atoms with van der Waals surface area (Å²) in [5.74, 6) is 0. The lowest BCUT2D eigenvalue weighted by Gasteiger charge is -2.26. The molecule has 13 aromatic carbocycles. The number of halogens is 1. The van der Waals surface area contributed by atoms with Crippen LogP contribution < -0.4 is 10.6 Å². The van der Waals surface area contributed by atoms with Crippen molar-refractivity contribution in [3.8, 4) is 28.4 Å². The molecule has 0 aliphatic rings. The van der Waals surface area contributed by atoms with Crippen molar-refractivity contribution in [2.75, 3.05) is 10.6 Å². The minimum absolute atomic E-state index is 0.766. The van der Waals surface area contributed by atoms with Crippen LogP contribution in [0.1, 0.15) is 0 Å². The molecule has 7 aromatic heterocycles. The summed E-state index contributed by atoms with van der Waals surface area (Å²) in [4.78, 5) is 11.7. The number of nitrogens with zero attached hydrogens (tertiary/aromatic N) is 8. The molecule has 0 saturated heterocycles. The smallest absolute Gasteiger partial charge is 0.145 e. The van der Waals surface area contributed by atoms with Crippen LogP contribution in [0.3, 0.4) is 0 Å². The maximum Gasteiger partial charge on any atom is 0.145 e. The van der Waals surface area contributed by atoms with Crippen LogP contribution in [-0.4, -0.2) is 32.8 Å². The second-order valence-corrected chi connectivity index (χ2v) is 25.4. The highest BCUT2D eigenvalue weighted by atomic mass is 79.9. The van der Waals surface area contributed by atoms with E-state index in [1.165, 1.54) is 87.3 Å². The molecular formula is C88H60BrN9. The molecule has 0 bridgehead atoms. The van der Waals surface area contributed by atoms with Crippen molar-refractivity contribution in [1.29, 1.82) is 0 Å². The van der Waals surface area contributed by atoms with E-state index in [0.29, 0.717) is 0 Å². The van der Waals surface area contributed by atoms with E-state index in [9.17, 15) is 0 Å². The Kier molecular flexibility index (Phi) is 14.3. The largest absolute Gasteiger partial charge is 0.399 e. The van der Waals surface area contributed by atoms with Crippen molar-refractivity contribution in [1.82, 2.24) is 32.8 Å². The lowest BCUT2D eigenvalue weighted by molar-refractivity contribution is 1.13. The summed E-state index contributed by atoms with van der Waals surface area (Å²) >= 11 is 3.50. The van der Waals surface area contributed by atoms with Gasteiger partial charge < -0.3 is 24.3 Å². The Bertz CT molecular complexity index is 5580. The Hall–Kier alpha value is -12.8. The predicted octanol–water partition coefficient (Wildman–Crippen LogP) is 23.1. The van der Waals surface area contributed by atoms with Crippen LogP contribution in [-0.2, 0) is 0 Å². The van der Waals surface area contributed by atoms with Gasteiger partial charge in [0, 0.05) is 122 Å². The van der Waals surface area contributed by atoms with Gasteiger partial charge >= 0.3 is 0 Å². The van der Waals surface area contributed by atoms with Gasteiger partial charge in [-0.05, 0) is 194 Å². The number of hydrogen-bond donors (Lipinski definition) is 1. The van der Waals surface area contributed by atoms with Gasteiger partial charge in [0.05, 0.1) is 44.1 Å². The van der Waals surface area contributed by atoms with Crippen molar-refractivity contribution >= 4 is 148 Å². The van der Waals surface area contributed by atoms with E-state index in [2.05, 4.69) is 352 Å². The number of rotatable bonds is 8. The molecular weight excluding hydrogens is 1260 g/mol. The molecule has 0 radical (unpaired) electrons. The van der Waals surface area contributed by atoms with Gasteiger partial charge in [0.2, 0.25) is 0 Å². The fraction of sp³-hybridized carbons (Fsp3) is 0. The quantitative estimate of drug-likeness (QED) is 0.154. The number of fused-ring (bicyclic) bond motifs is 15. The van der Waals surface area contributed by atoms with Crippen LogP contribution in [0.2, 0.25) is 0 Å². The first-order valence-corrected chi connectivity index (χ1v) is 33.6. The number of aromatic nitrogens is 7. The molecule has 0 atom stereocenters. The van der Waals surface area contributed by atoms with Crippen molar-refractivity contribution in [2.24, 2.45) is 0 Å². The molecule has 20 aromatic rings. The van der Waals surface area contributed by atoms with E-state index >= 15 is 0 Å². The minimum Gasteiger partial charge on any atom is -0.399 e. The van der Waals surface area contributed by atoms with Crippen molar-refractivity contribution in [3.63, 3.8) is 0 Å². The Balaban J connectivity index is 0.000000140. The zero-order valence-corrected chi connectivity index (χ0v) is 54.6. The van der Waals surface area contributed by atoms with E-state index < -0.39 is 0 Å². The van der Waals surface area contributed by atoms with Crippen LogP contribution in [0.15, 0.2) is 357 Å². The summed E-state index contributed by atoms with van der Waals surface area (Å²) in [7, 11) is 0. The summed E-state index contributed by atoms with van der Waals surface area (Å²) in [6.07, 6.45) is 3.70. The number of anilines is 4. The molecule has 0 amide bonds. The minimum atomic E-state index is 0.766. The third kappa shape index (κ3) is 9.84. The van der Waals surface area contributed by atoms with E-state index in [-0.39, 0.29) is 0 Å². The Morgan fingerprint density at radius 1 is 0.224 bits per heavy atom. The third-order valence-corrected chi connectivity index (χ3v) is 19.5. The van der Waals surface area contributed by atoms with Gasteiger partial charge in [-0.1, -0.05) is 162 Å². The van der Waals surface area contributed by atoms with Crippen molar-refractivity contribution in [3.05, 3.63) is 357 Å². The van der Waals surface area contributed by atoms with Gasteiger partial charge in [-0.2, -0.15) is 0 Å². The second-order valence-electron chi connectivity index (χ2n) is 24.5. The first-order valence-electron chi connectivity index (χ1n) is 32.9. The van der Waals surface area contributed by atoms with Gasteiger partial charge in [0.15, 0.2) is 0 Å². The first kappa shape index (κ1) is 57.9. The number of nitrogen functional groups attached to an aromatic ring is 1. The molecule has 0 unspecified atom stereocenters. The maximum absolute atomic E-state index is 5.78. The number of para-hydroxylation sites is 8. The number of nitrogens with two attached hydrogens (primary N) is 1. The Morgan fingerprint density at radius 2 is 0.439 bits per heavy atom. The van der Waals surface area contributed by atoms with Crippen molar-refractivity contribution in [2.45, 2.75) is 0 Å². The summed E-state index contributed by atoms with van der Waals surface area (Å²) in [5, 5.41) is 12.3. The van der Waals surface area contributed by atoms with Crippen LogP contribution >= 0.6 is 15.9 Å². The number of hydrogen-bond acceptors (Lipinski definition) is 4. The SMILES string of the molecule is Brc1ccc(-n2c3ccccc3c3ccccc32)cc1.Nc1ccc(-n2c3ccccc3c3cccnc32)cc1.c1ccc2c(c1)c1ccccc1n2-c1ccc(N(c2ccc(-n3c4ccccc4c4ccccc43)cc2)c2ccc(-n3c4ccccc4c4cccnc43)cc2)cc1. The average Bonchev–Trinajstić information content (AvgIpc) is 1.63. The van der Waals surface area contributed by atoms with Crippen LogP contribution in [0.4, 0.5) is 22.7 Å². The van der Waals surface area contributed by atoms with Gasteiger partial charge in [-0.25, -0.2) is 9.97 Å². The first-order chi connectivity index (χ1) is 48.5. The average molecular weight is 1320 g/mol. The van der Waals surface area contributed by atoms with E-state index in [4.69, 9.17) is 10.7 Å². The maximum atomic E-state index is 5.78. The topological polar surface area (TPSA) is 79.7 Å². The zero-order chi connectivity index (χ0) is 65.2. The van der Waals surface area contributed by atoms with Crippen molar-refractivity contribution < 1.29 is 0 Å². The highest BCUT2D eigenvalue weighted by Gasteiger charge is 2.20.